The lowest BCUT2D eigenvalue weighted by molar-refractivity contribution is 0.222. The molecular formula is C17H26ClNO. The average Bonchev–Trinajstić information content (AvgIpc) is 2.44. The summed E-state index contributed by atoms with van der Waals surface area (Å²) in [7, 11) is 1.74. The largest absolute Gasteiger partial charge is 0.496 e. The minimum absolute atomic E-state index is 0.344. The Balaban J connectivity index is 2.29. The van der Waals surface area contributed by atoms with Crippen LogP contribution in [0.25, 0.3) is 0 Å². The van der Waals surface area contributed by atoms with Crippen LogP contribution in [0.2, 0.25) is 5.02 Å². The van der Waals surface area contributed by atoms with Crippen LogP contribution in [0.15, 0.2) is 18.2 Å². The molecule has 0 radical (unpaired) electrons. The fourth-order valence-electron chi connectivity index (χ4n) is 3.48. The van der Waals surface area contributed by atoms with Crippen LogP contribution < -0.4 is 10.1 Å². The topological polar surface area (TPSA) is 21.3 Å². The third-order valence-electron chi connectivity index (χ3n) is 4.40. The van der Waals surface area contributed by atoms with E-state index in [0.717, 1.165) is 23.2 Å². The summed E-state index contributed by atoms with van der Waals surface area (Å²) in [4.78, 5) is 0. The summed E-state index contributed by atoms with van der Waals surface area (Å²) in [5, 5.41) is 4.44. The van der Waals surface area contributed by atoms with Crippen molar-refractivity contribution in [2.24, 2.45) is 11.8 Å². The minimum atomic E-state index is 0.344. The summed E-state index contributed by atoms with van der Waals surface area (Å²) in [6.45, 7) is 5.49. The van der Waals surface area contributed by atoms with Gasteiger partial charge in [-0.25, -0.2) is 0 Å². The van der Waals surface area contributed by atoms with Crippen LogP contribution in [0.5, 0.6) is 5.75 Å². The molecule has 0 saturated heterocycles. The number of nitrogens with one attached hydrogen (secondary N) is 1. The van der Waals surface area contributed by atoms with Gasteiger partial charge in [0.2, 0.25) is 0 Å². The quantitative estimate of drug-likeness (QED) is 0.840. The number of hydrogen-bond acceptors (Lipinski definition) is 2. The van der Waals surface area contributed by atoms with Crippen molar-refractivity contribution in [1.29, 1.82) is 0 Å². The zero-order chi connectivity index (χ0) is 14.5. The highest BCUT2D eigenvalue weighted by molar-refractivity contribution is 6.30. The first-order chi connectivity index (χ1) is 9.65. The van der Waals surface area contributed by atoms with E-state index in [1.54, 1.807) is 7.11 Å². The van der Waals surface area contributed by atoms with Crippen molar-refractivity contribution in [3.8, 4) is 5.75 Å². The van der Waals surface area contributed by atoms with Crippen molar-refractivity contribution in [1.82, 2.24) is 5.32 Å². The molecule has 1 aliphatic carbocycles. The Bertz CT molecular complexity index is 435. The van der Waals surface area contributed by atoms with Crippen LogP contribution >= 0.6 is 11.6 Å². The van der Waals surface area contributed by atoms with Gasteiger partial charge in [0.15, 0.2) is 0 Å². The molecule has 0 amide bonds. The Morgan fingerprint density at radius 2 is 2.20 bits per heavy atom. The second-order valence-electron chi connectivity index (χ2n) is 5.95. The maximum absolute atomic E-state index is 6.20. The minimum Gasteiger partial charge on any atom is -0.496 e. The molecule has 1 fully saturated rings. The van der Waals surface area contributed by atoms with Gasteiger partial charge >= 0.3 is 0 Å². The zero-order valence-corrected chi connectivity index (χ0v) is 13.5. The zero-order valence-electron chi connectivity index (χ0n) is 12.8. The number of rotatable bonds is 5. The molecule has 1 aromatic carbocycles. The Morgan fingerprint density at radius 1 is 1.40 bits per heavy atom. The third kappa shape index (κ3) is 3.67. The van der Waals surface area contributed by atoms with E-state index in [0.29, 0.717) is 12.0 Å². The number of benzene rings is 1. The van der Waals surface area contributed by atoms with E-state index in [9.17, 15) is 0 Å². The SMILES string of the molecule is CCNC(c1cc(Cl)ccc1OC)C1CCCC(C)C1. The normalized spacial score (nSPS) is 24.4. The molecule has 1 aromatic rings. The van der Waals surface area contributed by atoms with Crippen molar-refractivity contribution in [2.45, 2.75) is 45.6 Å². The van der Waals surface area contributed by atoms with E-state index in [4.69, 9.17) is 16.3 Å². The van der Waals surface area contributed by atoms with Gasteiger partial charge in [0.25, 0.3) is 0 Å². The van der Waals surface area contributed by atoms with E-state index in [1.807, 2.05) is 12.1 Å². The van der Waals surface area contributed by atoms with E-state index in [-0.39, 0.29) is 0 Å². The van der Waals surface area contributed by atoms with Crippen LogP contribution in [0.4, 0.5) is 0 Å². The second kappa shape index (κ2) is 7.33. The molecular weight excluding hydrogens is 270 g/mol. The Kier molecular flexibility index (Phi) is 5.74. The maximum atomic E-state index is 6.20. The van der Waals surface area contributed by atoms with Gasteiger partial charge in [-0.15, -0.1) is 0 Å². The smallest absolute Gasteiger partial charge is 0.123 e. The number of ether oxygens (including phenoxy) is 1. The molecule has 1 N–H and O–H groups in total. The van der Waals surface area contributed by atoms with Crippen molar-refractivity contribution < 1.29 is 4.74 Å². The summed E-state index contributed by atoms with van der Waals surface area (Å²) < 4.78 is 5.55. The van der Waals surface area contributed by atoms with Gasteiger partial charge in [-0.2, -0.15) is 0 Å². The first-order valence-corrected chi connectivity index (χ1v) is 8.10. The molecule has 20 heavy (non-hydrogen) atoms. The number of hydrogen-bond donors (Lipinski definition) is 1. The van der Waals surface area contributed by atoms with E-state index in [1.165, 1.54) is 31.2 Å². The predicted molar refractivity (Wildman–Crippen MR) is 85.5 cm³/mol. The van der Waals surface area contributed by atoms with Crippen molar-refractivity contribution in [2.75, 3.05) is 13.7 Å². The lowest BCUT2D eigenvalue weighted by Gasteiger charge is -2.34. The van der Waals surface area contributed by atoms with E-state index in [2.05, 4.69) is 25.2 Å². The monoisotopic (exact) mass is 295 g/mol. The van der Waals surface area contributed by atoms with Gasteiger partial charge in [0.1, 0.15) is 5.75 Å². The standard InChI is InChI=1S/C17H26ClNO/c1-4-19-17(13-7-5-6-12(2)10-13)15-11-14(18)8-9-16(15)20-3/h8-9,11-13,17,19H,4-7,10H2,1-3H3. The van der Waals surface area contributed by atoms with Gasteiger partial charge in [-0.3, -0.25) is 0 Å². The van der Waals surface area contributed by atoms with E-state index >= 15 is 0 Å². The fourth-order valence-corrected chi connectivity index (χ4v) is 3.66. The Labute approximate surface area is 127 Å². The van der Waals surface area contributed by atoms with Crippen molar-refractivity contribution in [3.05, 3.63) is 28.8 Å². The predicted octanol–water partition coefficient (Wildman–Crippen LogP) is 4.83. The molecule has 0 aromatic heterocycles. The van der Waals surface area contributed by atoms with Crippen LogP contribution in [0.1, 0.15) is 51.1 Å². The molecule has 0 aliphatic heterocycles. The van der Waals surface area contributed by atoms with Gasteiger partial charge < -0.3 is 10.1 Å². The van der Waals surface area contributed by atoms with Crippen LogP contribution in [0, 0.1) is 11.8 Å². The number of methoxy groups -OCH3 is 1. The first kappa shape index (κ1) is 15.7. The highest BCUT2D eigenvalue weighted by atomic mass is 35.5. The Morgan fingerprint density at radius 3 is 2.85 bits per heavy atom. The highest BCUT2D eigenvalue weighted by Gasteiger charge is 2.29. The molecule has 1 saturated carbocycles. The highest BCUT2D eigenvalue weighted by Crippen LogP contribution is 2.40. The molecule has 3 heteroatoms. The van der Waals surface area contributed by atoms with Crippen LogP contribution in [-0.2, 0) is 0 Å². The molecule has 0 bridgehead atoms. The van der Waals surface area contributed by atoms with Crippen molar-refractivity contribution in [3.63, 3.8) is 0 Å². The number of halogens is 1. The molecule has 2 nitrogen and oxygen atoms in total. The summed E-state index contributed by atoms with van der Waals surface area (Å²) in [5.74, 6) is 2.43. The summed E-state index contributed by atoms with van der Waals surface area (Å²) >= 11 is 6.20. The fraction of sp³-hybridized carbons (Fsp3) is 0.647. The first-order valence-electron chi connectivity index (χ1n) is 7.72. The molecule has 0 spiro atoms. The summed E-state index contributed by atoms with van der Waals surface area (Å²) in [5.41, 5.74) is 1.21. The molecule has 112 valence electrons. The van der Waals surface area contributed by atoms with Gasteiger partial charge in [0, 0.05) is 16.6 Å². The van der Waals surface area contributed by atoms with Gasteiger partial charge in [-0.1, -0.05) is 38.3 Å². The van der Waals surface area contributed by atoms with Gasteiger partial charge in [0.05, 0.1) is 7.11 Å². The van der Waals surface area contributed by atoms with E-state index < -0.39 is 0 Å². The Hall–Kier alpha value is -0.730. The molecule has 2 rings (SSSR count). The second-order valence-corrected chi connectivity index (χ2v) is 6.39. The van der Waals surface area contributed by atoms with Crippen molar-refractivity contribution >= 4 is 11.6 Å². The lowest BCUT2D eigenvalue weighted by atomic mass is 9.76. The lowest BCUT2D eigenvalue weighted by Crippen LogP contribution is -2.31. The van der Waals surface area contributed by atoms with Gasteiger partial charge in [-0.05, 0) is 49.4 Å². The van der Waals surface area contributed by atoms with Crippen LogP contribution in [-0.4, -0.2) is 13.7 Å². The summed E-state index contributed by atoms with van der Waals surface area (Å²) in [6, 6.07) is 6.29. The third-order valence-corrected chi connectivity index (χ3v) is 4.63. The average molecular weight is 296 g/mol. The molecule has 0 heterocycles. The molecule has 3 atom stereocenters. The molecule has 3 unspecified atom stereocenters. The summed E-state index contributed by atoms with van der Waals surface area (Å²) in [6.07, 6.45) is 5.27. The maximum Gasteiger partial charge on any atom is 0.123 e. The molecule has 1 aliphatic rings. The van der Waals surface area contributed by atoms with Crippen LogP contribution in [0.3, 0.4) is 0 Å².